The molecule has 0 fully saturated rings. The van der Waals surface area contributed by atoms with E-state index in [1.165, 1.54) is 5.56 Å². The van der Waals surface area contributed by atoms with Gasteiger partial charge in [-0.05, 0) is 30.7 Å². The Balaban J connectivity index is 1.92. The smallest absolute Gasteiger partial charge is 0.0780 e. The Kier molecular flexibility index (Phi) is 2.97. The Morgan fingerprint density at radius 1 is 0.909 bits per heavy atom. The van der Waals surface area contributed by atoms with Crippen molar-refractivity contribution in [3.8, 4) is 22.4 Å². The summed E-state index contributed by atoms with van der Waals surface area (Å²) in [6.07, 6.45) is 3.68. The second-order valence-corrected chi connectivity index (χ2v) is 5.44. The van der Waals surface area contributed by atoms with Gasteiger partial charge in [0, 0.05) is 22.7 Å². The van der Waals surface area contributed by atoms with E-state index in [9.17, 15) is 0 Å². The number of nitrogens with one attached hydrogen (secondary N) is 1. The molecule has 3 heteroatoms. The SMILES string of the molecule is Cc1cccc(-c2ncccc2-c2ccc3cn[nH]c3c2)c1. The van der Waals surface area contributed by atoms with Gasteiger partial charge in [0.05, 0.1) is 17.4 Å². The van der Waals surface area contributed by atoms with Gasteiger partial charge in [-0.15, -0.1) is 0 Å². The van der Waals surface area contributed by atoms with Gasteiger partial charge in [0.25, 0.3) is 0 Å². The van der Waals surface area contributed by atoms with Crippen LogP contribution in [0.4, 0.5) is 0 Å². The van der Waals surface area contributed by atoms with E-state index in [0.29, 0.717) is 0 Å². The zero-order valence-electron chi connectivity index (χ0n) is 12.2. The summed E-state index contributed by atoms with van der Waals surface area (Å²) in [7, 11) is 0. The average Bonchev–Trinajstić information content (AvgIpc) is 3.02. The van der Waals surface area contributed by atoms with E-state index in [2.05, 4.69) is 70.6 Å². The van der Waals surface area contributed by atoms with E-state index in [1.54, 1.807) is 0 Å². The Hall–Kier alpha value is -2.94. The highest BCUT2D eigenvalue weighted by Gasteiger charge is 2.09. The van der Waals surface area contributed by atoms with Gasteiger partial charge in [0.2, 0.25) is 0 Å². The fourth-order valence-electron chi connectivity index (χ4n) is 2.77. The predicted molar refractivity (Wildman–Crippen MR) is 89.5 cm³/mol. The summed E-state index contributed by atoms with van der Waals surface area (Å²) in [6.45, 7) is 2.10. The number of pyridine rings is 1. The summed E-state index contributed by atoms with van der Waals surface area (Å²) < 4.78 is 0. The maximum atomic E-state index is 4.61. The molecular weight excluding hydrogens is 270 g/mol. The largest absolute Gasteiger partial charge is 0.278 e. The standard InChI is InChI=1S/C19H15N3/c1-13-4-2-5-15(10-13)19-17(6-3-9-20-19)14-7-8-16-12-21-22-18(16)11-14/h2-12H,1H3,(H,21,22). The van der Waals surface area contributed by atoms with E-state index < -0.39 is 0 Å². The van der Waals surface area contributed by atoms with Crippen LogP contribution in [-0.4, -0.2) is 15.2 Å². The quantitative estimate of drug-likeness (QED) is 0.584. The molecule has 0 bridgehead atoms. The lowest BCUT2D eigenvalue weighted by Gasteiger charge is -2.09. The lowest BCUT2D eigenvalue weighted by atomic mass is 9.98. The molecule has 0 aliphatic carbocycles. The van der Waals surface area contributed by atoms with Gasteiger partial charge in [-0.3, -0.25) is 10.1 Å². The molecule has 0 spiro atoms. The number of hydrogen-bond donors (Lipinski definition) is 1. The van der Waals surface area contributed by atoms with E-state index in [0.717, 1.165) is 33.3 Å². The van der Waals surface area contributed by atoms with Gasteiger partial charge < -0.3 is 0 Å². The number of aromatic amines is 1. The second-order valence-electron chi connectivity index (χ2n) is 5.44. The summed E-state index contributed by atoms with van der Waals surface area (Å²) in [5, 5.41) is 8.23. The lowest BCUT2D eigenvalue weighted by Crippen LogP contribution is -1.89. The molecule has 106 valence electrons. The molecule has 2 aromatic heterocycles. The van der Waals surface area contributed by atoms with Crippen LogP contribution in [0.2, 0.25) is 0 Å². The zero-order valence-corrected chi connectivity index (χ0v) is 12.2. The third-order valence-electron chi connectivity index (χ3n) is 3.85. The molecule has 0 saturated heterocycles. The molecule has 22 heavy (non-hydrogen) atoms. The number of aryl methyl sites for hydroxylation is 1. The predicted octanol–water partition coefficient (Wildman–Crippen LogP) is 4.60. The van der Waals surface area contributed by atoms with E-state index >= 15 is 0 Å². The molecule has 4 aromatic rings. The number of aromatic nitrogens is 3. The summed E-state index contributed by atoms with van der Waals surface area (Å²) in [5.74, 6) is 0. The summed E-state index contributed by atoms with van der Waals surface area (Å²) in [5.41, 5.74) is 6.69. The highest BCUT2D eigenvalue weighted by atomic mass is 15.1. The summed E-state index contributed by atoms with van der Waals surface area (Å²) in [4.78, 5) is 4.61. The topological polar surface area (TPSA) is 41.6 Å². The number of nitrogens with zero attached hydrogens (tertiary/aromatic N) is 2. The van der Waals surface area contributed by atoms with E-state index in [1.807, 2.05) is 18.5 Å². The Morgan fingerprint density at radius 3 is 2.77 bits per heavy atom. The molecule has 0 radical (unpaired) electrons. The first-order valence-electron chi connectivity index (χ1n) is 7.27. The highest BCUT2D eigenvalue weighted by Crippen LogP contribution is 2.31. The van der Waals surface area contributed by atoms with Crippen LogP contribution in [0, 0.1) is 6.92 Å². The van der Waals surface area contributed by atoms with Crippen LogP contribution >= 0.6 is 0 Å². The summed E-state index contributed by atoms with van der Waals surface area (Å²) in [6, 6.07) is 18.9. The van der Waals surface area contributed by atoms with Crippen molar-refractivity contribution in [1.82, 2.24) is 15.2 Å². The van der Waals surface area contributed by atoms with Crippen molar-refractivity contribution < 1.29 is 0 Å². The fourth-order valence-corrected chi connectivity index (χ4v) is 2.77. The van der Waals surface area contributed by atoms with Crippen molar-refractivity contribution in [1.29, 1.82) is 0 Å². The average molecular weight is 285 g/mol. The molecule has 0 aliphatic heterocycles. The van der Waals surface area contributed by atoms with Crippen LogP contribution < -0.4 is 0 Å². The molecule has 3 nitrogen and oxygen atoms in total. The minimum atomic E-state index is 1.00. The van der Waals surface area contributed by atoms with Crippen LogP contribution in [0.1, 0.15) is 5.56 Å². The van der Waals surface area contributed by atoms with Crippen molar-refractivity contribution in [2.45, 2.75) is 6.92 Å². The number of benzene rings is 2. The zero-order chi connectivity index (χ0) is 14.9. The monoisotopic (exact) mass is 285 g/mol. The Bertz CT molecular complexity index is 953. The molecule has 1 N–H and O–H groups in total. The van der Waals surface area contributed by atoms with Crippen molar-refractivity contribution in [2.24, 2.45) is 0 Å². The molecule has 2 aromatic carbocycles. The van der Waals surface area contributed by atoms with Gasteiger partial charge in [-0.1, -0.05) is 42.0 Å². The number of rotatable bonds is 2. The molecule has 0 atom stereocenters. The fraction of sp³-hybridized carbons (Fsp3) is 0.0526. The highest BCUT2D eigenvalue weighted by molar-refractivity contribution is 5.88. The van der Waals surface area contributed by atoms with Gasteiger partial charge in [0.15, 0.2) is 0 Å². The van der Waals surface area contributed by atoms with Crippen LogP contribution in [-0.2, 0) is 0 Å². The normalized spacial score (nSPS) is 11.0. The minimum Gasteiger partial charge on any atom is -0.278 e. The lowest BCUT2D eigenvalue weighted by molar-refractivity contribution is 1.12. The number of hydrogen-bond acceptors (Lipinski definition) is 2. The van der Waals surface area contributed by atoms with Crippen molar-refractivity contribution in [2.75, 3.05) is 0 Å². The van der Waals surface area contributed by atoms with Gasteiger partial charge in [-0.25, -0.2) is 0 Å². The molecule has 0 amide bonds. The Labute approximate surface area is 128 Å². The molecule has 2 heterocycles. The maximum Gasteiger partial charge on any atom is 0.0780 e. The molecule has 0 saturated carbocycles. The van der Waals surface area contributed by atoms with E-state index in [-0.39, 0.29) is 0 Å². The van der Waals surface area contributed by atoms with Crippen LogP contribution in [0.15, 0.2) is 67.0 Å². The number of H-pyrrole nitrogens is 1. The van der Waals surface area contributed by atoms with Gasteiger partial charge in [-0.2, -0.15) is 5.10 Å². The first kappa shape index (κ1) is 12.8. The second kappa shape index (κ2) is 5.11. The third kappa shape index (κ3) is 2.17. The maximum absolute atomic E-state index is 4.61. The van der Waals surface area contributed by atoms with Crippen molar-refractivity contribution in [3.63, 3.8) is 0 Å². The first-order valence-corrected chi connectivity index (χ1v) is 7.27. The molecular formula is C19H15N3. The molecule has 0 aliphatic rings. The van der Waals surface area contributed by atoms with Crippen LogP contribution in [0.5, 0.6) is 0 Å². The van der Waals surface area contributed by atoms with Gasteiger partial charge in [0.1, 0.15) is 0 Å². The van der Waals surface area contributed by atoms with Crippen LogP contribution in [0.3, 0.4) is 0 Å². The Morgan fingerprint density at radius 2 is 1.86 bits per heavy atom. The van der Waals surface area contributed by atoms with Crippen LogP contribution in [0.25, 0.3) is 33.3 Å². The number of fused-ring (bicyclic) bond motifs is 1. The third-order valence-corrected chi connectivity index (χ3v) is 3.85. The van der Waals surface area contributed by atoms with Crippen molar-refractivity contribution in [3.05, 3.63) is 72.6 Å². The van der Waals surface area contributed by atoms with Gasteiger partial charge >= 0.3 is 0 Å². The summed E-state index contributed by atoms with van der Waals surface area (Å²) >= 11 is 0. The van der Waals surface area contributed by atoms with E-state index in [4.69, 9.17) is 0 Å². The van der Waals surface area contributed by atoms with Crippen molar-refractivity contribution >= 4 is 10.9 Å². The molecule has 0 unspecified atom stereocenters. The molecule has 4 rings (SSSR count). The first-order chi connectivity index (χ1) is 10.8. The minimum absolute atomic E-state index is 1.00.